The molecule has 6 aliphatic heterocycles. The lowest BCUT2D eigenvalue weighted by molar-refractivity contribution is -0.389. The molecule has 0 amide bonds. The van der Waals surface area contributed by atoms with Crippen LogP contribution in [-0.4, -0.2) is 325 Å². The SMILES string of the molecule is O=C(O)[C@H]1O[C@H](O[C@H]2[C@H](OC[C@H]3O[C@@H](O)[C@@H](O[C@H]4O[C@H](CO)[C@@H](O)[C@H](O)[C@@H]4O)[C@@H](O)[C@@H]3O)O[C@@H]([C@H](O)CO)[C@@H]2O)[C@H](O)[C@@H](O)[C@@H]1O[C@@H]1O[C@H](CO)[C@@H](O)[C@H](O)[C@@H]1O[C@@H]1O[C@H](CO)[C@@H](O)[C@H](O)[C@@H]1O. The van der Waals surface area contributed by atoms with Gasteiger partial charge in [-0.05, 0) is 0 Å². The van der Waals surface area contributed by atoms with E-state index in [9.17, 15) is 107 Å². The topological polar surface area (TPSA) is 523 Å². The molecule has 396 valence electrons. The van der Waals surface area contributed by atoms with Crippen molar-refractivity contribution in [1.82, 2.24) is 0 Å². The van der Waals surface area contributed by atoms with Gasteiger partial charge in [-0.15, -0.1) is 0 Å². The molecule has 6 rings (SSSR count). The lowest BCUT2D eigenvalue weighted by atomic mass is 9.96. The summed E-state index contributed by atoms with van der Waals surface area (Å²) >= 11 is 0. The second-order valence-corrected chi connectivity index (χ2v) is 16.8. The van der Waals surface area contributed by atoms with Crippen molar-refractivity contribution >= 4 is 5.97 Å². The molecule has 0 aromatic carbocycles. The Kier molecular flexibility index (Phi) is 19.2. The number of rotatable bonds is 17. The highest BCUT2D eigenvalue weighted by Gasteiger charge is 2.58. The van der Waals surface area contributed by atoms with Crippen LogP contribution in [0.25, 0.3) is 0 Å². The van der Waals surface area contributed by atoms with E-state index in [-0.39, 0.29) is 0 Å². The molecule has 30 atom stereocenters. The van der Waals surface area contributed by atoms with Gasteiger partial charge in [-0.1, -0.05) is 0 Å². The zero-order valence-corrected chi connectivity index (χ0v) is 35.2. The average Bonchev–Trinajstić information content (AvgIpc) is 3.63. The fourth-order valence-electron chi connectivity index (χ4n) is 8.35. The van der Waals surface area contributed by atoms with Gasteiger partial charge >= 0.3 is 5.97 Å². The fourth-order valence-corrected chi connectivity index (χ4v) is 8.35. The quantitative estimate of drug-likeness (QED) is 0.0643. The number of aliphatic hydroxyl groups excluding tert-OH is 19. The van der Waals surface area contributed by atoms with Gasteiger partial charge in [0.05, 0.1) is 33.0 Å². The van der Waals surface area contributed by atoms with E-state index in [1.165, 1.54) is 0 Å². The summed E-state index contributed by atoms with van der Waals surface area (Å²) in [5.41, 5.74) is 0. The van der Waals surface area contributed by atoms with Crippen molar-refractivity contribution in [2.24, 2.45) is 0 Å². The van der Waals surface area contributed by atoms with Gasteiger partial charge in [-0.2, -0.15) is 0 Å². The van der Waals surface area contributed by atoms with Gasteiger partial charge in [0.1, 0.15) is 140 Å². The van der Waals surface area contributed by atoms with E-state index in [0.717, 1.165) is 0 Å². The minimum atomic E-state index is -2.41. The van der Waals surface area contributed by atoms with Crippen LogP contribution in [-0.2, 0) is 56.9 Å². The van der Waals surface area contributed by atoms with Crippen molar-refractivity contribution in [2.45, 2.75) is 184 Å². The van der Waals surface area contributed by atoms with Crippen molar-refractivity contribution in [3.63, 3.8) is 0 Å². The maximum Gasteiger partial charge on any atom is 0.335 e. The van der Waals surface area contributed by atoms with Crippen molar-refractivity contribution < 1.29 is 159 Å². The van der Waals surface area contributed by atoms with Crippen molar-refractivity contribution in [2.75, 3.05) is 33.0 Å². The van der Waals surface area contributed by atoms with Crippen LogP contribution in [0.2, 0.25) is 0 Å². The fraction of sp³-hybridized carbons (Fsp3) is 0.972. The highest BCUT2D eigenvalue weighted by atomic mass is 16.8. The summed E-state index contributed by atoms with van der Waals surface area (Å²) in [5.74, 6) is -1.94. The van der Waals surface area contributed by atoms with Crippen LogP contribution in [0.4, 0.5) is 0 Å². The lowest BCUT2D eigenvalue weighted by Crippen LogP contribution is -2.67. The van der Waals surface area contributed by atoms with E-state index in [0.29, 0.717) is 0 Å². The summed E-state index contributed by atoms with van der Waals surface area (Å²) in [6, 6.07) is 0. The van der Waals surface area contributed by atoms with Crippen LogP contribution in [0.5, 0.6) is 0 Å². The normalized spacial score (nSPS) is 51.9. The van der Waals surface area contributed by atoms with E-state index >= 15 is 0 Å². The van der Waals surface area contributed by atoms with E-state index < -0.39 is 223 Å². The molecule has 0 saturated carbocycles. The Hall–Kier alpha value is -1.73. The van der Waals surface area contributed by atoms with Crippen LogP contribution >= 0.6 is 0 Å². The Morgan fingerprint density at radius 1 is 0.412 bits per heavy atom. The van der Waals surface area contributed by atoms with Crippen molar-refractivity contribution in [1.29, 1.82) is 0 Å². The van der Waals surface area contributed by atoms with Gasteiger partial charge in [0.25, 0.3) is 0 Å². The number of carboxylic acids is 1. The van der Waals surface area contributed by atoms with Gasteiger partial charge < -0.3 is 154 Å². The molecule has 68 heavy (non-hydrogen) atoms. The minimum Gasteiger partial charge on any atom is -0.479 e. The molecule has 0 aromatic heterocycles. The maximum absolute atomic E-state index is 12.7. The molecule has 0 aromatic rings. The molecule has 32 nitrogen and oxygen atoms in total. The Bertz CT molecular complexity index is 1580. The van der Waals surface area contributed by atoms with E-state index in [2.05, 4.69) is 0 Å². The molecule has 6 aliphatic rings. The molecule has 0 unspecified atom stereocenters. The summed E-state index contributed by atoms with van der Waals surface area (Å²) in [6.45, 7) is -4.71. The van der Waals surface area contributed by atoms with E-state index in [1.54, 1.807) is 0 Å². The first-order chi connectivity index (χ1) is 32.1. The number of hydrogen-bond acceptors (Lipinski definition) is 31. The number of carboxylic acid groups (broad SMARTS) is 1. The number of aliphatic carboxylic acids is 1. The molecule has 6 fully saturated rings. The van der Waals surface area contributed by atoms with Crippen LogP contribution in [0, 0.1) is 0 Å². The maximum atomic E-state index is 12.7. The van der Waals surface area contributed by atoms with Crippen LogP contribution in [0.3, 0.4) is 0 Å². The first kappa shape index (κ1) is 55.6. The number of aliphatic hydroxyl groups is 19. The molecule has 0 bridgehead atoms. The number of hydrogen-bond donors (Lipinski definition) is 20. The summed E-state index contributed by atoms with van der Waals surface area (Å²) in [5, 5.41) is 208. The van der Waals surface area contributed by atoms with Gasteiger partial charge in [-0.3, -0.25) is 0 Å². The summed E-state index contributed by atoms with van der Waals surface area (Å²) in [7, 11) is 0. The van der Waals surface area contributed by atoms with Gasteiger partial charge in [0.2, 0.25) is 0 Å². The summed E-state index contributed by atoms with van der Waals surface area (Å²) < 4.78 is 60.1. The first-order valence-corrected chi connectivity index (χ1v) is 21.1. The Labute approximate surface area is 382 Å². The largest absolute Gasteiger partial charge is 0.479 e. The van der Waals surface area contributed by atoms with E-state index in [4.69, 9.17) is 52.1 Å². The van der Waals surface area contributed by atoms with E-state index in [1.807, 2.05) is 0 Å². The molecule has 6 saturated heterocycles. The Balaban J connectivity index is 1.15. The van der Waals surface area contributed by atoms with Crippen LogP contribution in [0.15, 0.2) is 0 Å². The molecule has 32 heteroatoms. The van der Waals surface area contributed by atoms with Gasteiger partial charge in [0, 0.05) is 0 Å². The lowest BCUT2D eigenvalue weighted by Gasteiger charge is -2.48. The zero-order valence-electron chi connectivity index (χ0n) is 35.2. The number of ether oxygens (including phenoxy) is 11. The monoisotopic (exact) mass is 1000 g/mol. The van der Waals surface area contributed by atoms with Crippen molar-refractivity contribution in [3.05, 3.63) is 0 Å². The highest BCUT2D eigenvalue weighted by molar-refractivity contribution is 5.73. The molecular formula is C36H60O32. The second kappa shape index (κ2) is 23.4. The van der Waals surface area contributed by atoms with Gasteiger partial charge in [0.15, 0.2) is 43.8 Å². The summed E-state index contributed by atoms with van der Waals surface area (Å²) in [6.07, 6.45) is -59.9. The smallest absolute Gasteiger partial charge is 0.335 e. The summed E-state index contributed by atoms with van der Waals surface area (Å²) in [4.78, 5) is 12.7. The van der Waals surface area contributed by atoms with Gasteiger partial charge in [-0.25, -0.2) is 4.79 Å². The molecule has 20 N–H and O–H groups in total. The third-order valence-corrected chi connectivity index (χ3v) is 12.4. The third kappa shape index (κ3) is 11.2. The average molecular weight is 1000 g/mol. The molecule has 0 spiro atoms. The minimum absolute atomic E-state index is 0.852. The predicted octanol–water partition coefficient (Wildman–Crippen LogP) is -14.0. The Morgan fingerprint density at radius 3 is 1.31 bits per heavy atom. The number of carbonyl (C=O) groups is 1. The molecule has 0 radical (unpaired) electrons. The molecule has 6 heterocycles. The Morgan fingerprint density at radius 2 is 0.809 bits per heavy atom. The van der Waals surface area contributed by atoms with Crippen molar-refractivity contribution in [3.8, 4) is 0 Å². The predicted molar refractivity (Wildman–Crippen MR) is 200 cm³/mol. The highest BCUT2D eigenvalue weighted by Crippen LogP contribution is 2.37. The molecular weight excluding hydrogens is 944 g/mol. The standard InChI is InChI=1S/C36H60O32/c37-1-6(41)24-23(54)28(35(63-24)58-5-10-14(45)17(48)26(31(57)59-10)65-32-20(51)15(46)11(42)7(2-38)60-32)67-34-22(53)19(50)25(29(68-34)30(55)56)64-36-27(18(49)13(44)9(4-40)62-36)66-33-21(52)16(47)12(43)8(3-39)61-33/h6-29,31-54,57H,1-5H2,(H,55,56)/t6-,7-,8-,9-,10-,11-,12-,13-,14-,15+,16+,17+,18+,19-,20+,21+,22-,23+,24+,25+,26+,27+,28-,29+,31-,32-,33+,34+,35-,36+/m1/s1. The first-order valence-electron chi connectivity index (χ1n) is 21.1. The van der Waals surface area contributed by atoms with Crippen LogP contribution in [0.1, 0.15) is 0 Å². The zero-order chi connectivity index (χ0) is 50.2. The second-order valence-electron chi connectivity index (χ2n) is 16.8. The molecule has 0 aliphatic carbocycles. The third-order valence-electron chi connectivity index (χ3n) is 12.4. The van der Waals surface area contributed by atoms with Crippen LogP contribution < -0.4 is 0 Å².